The third kappa shape index (κ3) is 4.37. The van der Waals surface area contributed by atoms with Gasteiger partial charge in [0.25, 0.3) is 5.91 Å². The quantitative estimate of drug-likeness (QED) is 0.814. The van der Waals surface area contributed by atoms with E-state index in [9.17, 15) is 9.59 Å². The summed E-state index contributed by atoms with van der Waals surface area (Å²) in [5.41, 5.74) is 1.24. The minimum atomic E-state index is -0.949. The van der Waals surface area contributed by atoms with E-state index in [1.165, 1.54) is 14.0 Å². The zero-order chi connectivity index (χ0) is 18.6. The Morgan fingerprint density at radius 2 is 1.92 bits per heavy atom. The number of hydrogen-bond donors (Lipinski definition) is 1. The number of benzene rings is 1. The number of aryl methyl sites for hydroxylation is 1. The molecule has 0 saturated carbocycles. The molecule has 0 bridgehead atoms. The van der Waals surface area contributed by atoms with Crippen molar-refractivity contribution < 1.29 is 19.1 Å². The van der Waals surface area contributed by atoms with Gasteiger partial charge in [0.05, 0.1) is 18.9 Å². The fourth-order valence-corrected chi connectivity index (χ4v) is 2.28. The molecule has 0 saturated heterocycles. The summed E-state index contributed by atoms with van der Waals surface area (Å²) in [6.07, 6.45) is 0.653. The number of methoxy groups -OCH3 is 1. The fraction of sp³-hybridized carbons (Fsp3) is 0.389. The third-order valence-corrected chi connectivity index (χ3v) is 3.71. The first-order chi connectivity index (χ1) is 11.8. The van der Waals surface area contributed by atoms with Crippen LogP contribution in [0.15, 0.2) is 30.5 Å². The summed E-state index contributed by atoms with van der Waals surface area (Å²) in [4.78, 5) is 24.5. The van der Waals surface area contributed by atoms with Crippen LogP contribution in [-0.2, 0) is 9.53 Å². The van der Waals surface area contributed by atoms with Crippen LogP contribution in [0.5, 0.6) is 5.75 Å². The summed E-state index contributed by atoms with van der Waals surface area (Å²) in [5, 5.41) is 6.86. The maximum atomic E-state index is 12.3. The highest BCUT2D eigenvalue weighted by molar-refractivity contribution is 5.97. The van der Waals surface area contributed by atoms with E-state index in [4.69, 9.17) is 9.47 Å². The van der Waals surface area contributed by atoms with Crippen molar-refractivity contribution in [2.75, 3.05) is 12.4 Å². The molecule has 25 heavy (non-hydrogen) atoms. The van der Waals surface area contributed by atoms with Gasteiger partial charge in [-0.3, -0.25) is 4.79 Å². The highest BCUT2D eigenvalue weighted by Crippen LogP contribution is 2.20. The molecule has 2 rings (SSSR count). The summed E-state index contributed by atoms with van der Waals surface area (Å²) in [5.74, 6) is 0.139. The number of ether oxygens (including phenoxy) is 2. The summed E-state index contributed by atoms with van der Waals surface area (Å²) in [6.45, 7) is 7.31. The van der Waals surface area contributed by atoms with E-state index < -0.39 is 18.0 Å². The lowest BCUT2D eigenvalue weighted by Crippen LogP contribution is -2.31. The lowest BCUT2D eigenvalue weighted by Gasteiger charge is -2.16. The summed E-state index contributed by atoms with van der Waals surface area (Å²) in [6, 6.07) is 6.79. The summed E-state index contributed by atoms with van der Waals surface area (Å²) < 4.78 is 12.1. The van der Waals surface area contributed by atoms with Crippen LogP contribution in [0.2, 0.25) is 0 Å². The Morgan fingerprint density at radius 3 is 2.56 bits per heavy atom. The van der Waals surface area contributed by atoms with Crippen LogP contribution in [0.25, 0.3) is 0 Å². The van der Waals surface area contributed by atoms with Gasteiger partial charge >= 0.3 is 5.97 Å². The minimum Gasteiger partial charge on any atom is -0.496 e. The van der Waals surface area contributed by atoms with Crippen molar-refractivity contribution in [1.29, 1.82) is 0 Å². The van der Waals surface area contributed by atoms with Crippen LogP contribution in [0.4, 0.5) is 5.82 Å². The molecule has 0 fully saturated rings. The lowest BCUT2D eigenvalue weighted by atomic mass is 10.1. The van der Waals surface area contributed by atoms with Gasteiger partial charge < -0.3 is 14.8 Å². The predicted octanol–water partition coefficient (Wildman–Crippen LogP) is 2.97. The molecule has 0 aliphatic heterocycles. The van der Waals surface area contributed by atoms with Gasteiger partial charge in [-0.05, 0) is 45.4 Å². The Balaban J connectivity index is 2.03. The first-order valence-corrected chi connectivity index (χ1v) is 8.03. The van der Waals surface area contributed by atoms with Gasteiger partial charge in [0.15, 0.2) is 6.10 Å². The highest BCUT2D eigenvalue weighted by Gasteiger charge is 2.21. The highest BCUT2D eigenvalue weighted by atomic mass is 16.5. The molecule has 1 N–H and O–H groups in total. The van der Waals surface area contributed by atoms with Gasteiger partial charge in [0, 0.05) is 12.1 Å². The second-order valence-electron chi connectivity index (χ2n) is 5.98. The number of amides is 1. The van der Waals surface area contributed by atoms with Crippen LogP contribution in [-0.4, -0.2) is 34.9 Å². The first-order valence-electron chi connectivity index (χ1n) is 8.03. The van der Waals surface area contributed by atoms with Crippen molar-refractivity contribution in [3.05, 3.63) is 41.6 Å². The van der Waals surface area contributed by atoms with Crippen molar-refractivity contribution in [3.8, 4) is 5.75 Å². The van der Waals surface area contributed by atoms with Crippen molar-refractivity contribution >= 4 is 17.7 Å². The van der Waals surface area contributed by atoms with E-state index in [0.717, 1.165) is 5.56 Å². The van der Waals surface area contributed by atoms with Gasteiger partial charge in [-0.2, -0.15) is 5.10 Å². The van der Waals surface area contributed by atoms with E-state index in [2.05, 4.69) is 10.4 Å². The molecule has 0 aliphatic rings. The second kappa shape index (κ2) is 7.83. The van der Waals surface area contributed by atoms with Crippen molar-refractivity contribution in [2.45, 2.75) is 39.8 Å². The smallest absolute Gasteiger partial charge is 0.339 e. The van der Waals surface area contributed by atoms with Crippen LogP contribution >= 0.6 is 0 Å². The molecule has 2 aromatic rings. The van der Waals surface area contributed by atoms with Crippen molar-refractivity contribution in [2.24, 2.45) is 0 Å². The number of carbonyl (C=O) groups excluding carboxylic acids is 2. The maximum absolute atomic E-state index is 12.3. The number of rotatable bonds is 6. The first kappa shape index (κ1) is 18.5. The Kier molecular flexibility index (Phi) is 5.80. The lowest BCUT2D eigenvalue weighted by molar-refractivity contribution is -0.123. The molecule has 7 heteroatoms. The normalized spacial score (nSPS) is 11.9. The van der Waals surface area contributed by atoms with Crippen LogP contribution in [0, 0.1) is 6.92 Å². The van der Waals surface area contributed by atoms with Gasteiger partial charge in [-0.1, -0.05) is 6.07 Å². The zero-order valence-corrected chi connectivity index (χ0v) is 15.1. The van der Waals surface area contributed by atoms with Gasteiger partial charge in [0.2, 0.25) is 0 Å². The van der Waals surface area contributed by atoms with E-state index in [0.29, 0.717) is 17.1 Å². The maximum Gasteiger partial charge on any atom is 0.339 e. The standard InChI is InChI=1S/C18H23N3O4/c1-11(2)21-16(8-9-19-21)20-17(22)13(4)25-18(23)14-7-6-12(3)15(10-14)24-5/h6-11,13H,1-5H3,(H,20,22)/t13-/m0/s1. The van der Waals surface area contributed by atoms with Crippen LogP contribution < -0.4 is 10.1 Å². The van der Waals surface area contributed by atoms with E-state index in [1.54, 1.807) is 35.1 Å². The Hall–Kier alpha value is -2.83. The molecule has 1 heterocycles. The fourth-order valence-electron chi connectivity index (χ4n) is 2.28. The number of carbonyl (C=O) groups is 2. The Bertz CT molecular complexity index is 767. The average Bonchev–Trinajstić information content (AvgIpc) is 3.03. The number of hydrogen-bond acceptors (Lipinski definition) is 5. The van der Waals surface area contributed by atoms with Gasteiger partial charge in [-0.25, -0.2) is 9.48 Å². The molecule has 1 atom stereocenters. The molecule has 134 valence electrons. The number of anilines is 1. The van der Waals surface area contributed by atoms with Crippen LogP contribution in [0.3, 0.4) is 0 Å². The molecule has 0 aliphatic carbocycles. The largest absolute Gasteiger partial charge is 0.496 e. The monoisotopic (exact) mass is 345 g/mol. The Morgan fingerprint density at radius 1 is 1.20 bits per heavy atom. The average molecular weight is 345 g/mol. The molecule has 0 spiro atoms. The summed E-state index contributed by atoms with van der Waals surface area (Å²) >= 11 is 0. The SMILES string of the molecule is COc1cc(C(=O)O[C@@H](C)C(=O)Nc2ccnn2C(C)C)ccc1C. The summed E-state index contributed by atoms with van der Waals surface area (Å²) in [7, 11) is 1.53. The molecule has 0 radical (unpaired) electrons. The zero-order valence-electron chi connectivity index (χ0n) is 15.1. The third-order valence-electron chi connectivity index (χ3n) is 3.71. The van der Waals surface area contributed by atoms with E-state index in [-0.39, 0.29) is 6.04 Å². The number of nitrogens with one attached hydrogen (secondary N) is 1. The molecule has 0 unspecified atom stereocenters. The Labute approximate surface area is 146 Å². The molecular weight excluding hydrogens is 322 g/mol. The number of esters is 1. The van der Waals surface area contributed by atoms with Crippen LogP contribution in [0.1, 0.15) is 42.7 Å². The molecule has 7 nitrogen and oxygen atoms in total. The van der Waals surface area contributed by atoms with Crippen molar-refractivity contribution in [3.63, 3.8) is 0 Å². The second-order valence-corrected chi connectivity index (χ2v) is 5.98. The topological polar surface area (TPSA) is 82.4 Å². The number of nitrogens with zero attached hydrogens (tertiary/aromatic N) is 2. The van der Waals surface area contributed by atoms with E-state index in [1.807, 2.05) is 20.8 Å². The van der Waals surface area contributed by atoms with E-state index >= 15 is 0 Å². The number of aromatic nitrogens is 2. The van der Waals surface area contributed by atoms with Gasteiger partial charge in [0.1, 0.15) is 11.6 Å². The molecule has 1 aromatic carbocycles. The molecular formula is C18H23N3O4. The molecule has 1 aromatic heterocycles. The van der Waals surface area contributed by atoms with Crippen molar-refractivity contribution in [1.82, 2.24) is 9.78 Å². The molecule has 1 amide bonds. The minimum absolute atomic E-state index is 0.100. The predicted molar refractivity (Wildman–Crippen MR) is 93.9 cm³/mol. The van der Waals surface area contributed by atoms with Gasteiger partial charge in [-0.15, -0.1) is 0 Å².